The van der Waals surface area contributed by atoms with Crippen molar-refractivity contribution in [3.8, 4) is 11.4 Å². The van der Waals surface area contributed by atoms with Crippen LogP contribution in [0.25, 0.3) is 17.0 Å². The molecule has 1 atom stereocenters. The maximum Gasteiger partial charge on any atom is 0.258 e. The Morgan fingerprint density at radius 2 is 1.91 bits per heavy atom. The summed E-state index contributed by atoms with van der Waals surface area (Å²) in [6.07, 6.45) is 0.807. The summed E-state index contributed by atoms with van der Waals surface area (Å²) in [6.45, 7) is 5.94. The average Bonchev–Trinajstić information content (AvgIpc) is 3.29. The lowest BCUT2D eigenvalue weighted by Gasteiger charge is -2.37. The molecule has 0 radical (unpaired) electrons. The zero-order valence-electron chi connectivity index (χ0n) is 18.3. The zero-order chi connectivity index (χ0) is 23.4. The van der Waals surface area contributed by atoms with Gasteiger partial charge in [0.25, 0.3) is 5.89 Å². The van der Waals surface area contributed by atoms with E-state index < -0.39 is 0 Å². The number of hydrogen-bond donors (Lipinski definition) is 1. The highest BCUT2D eigenvalue weighted by Crippen LogP contribution is 2.37. The van der Waals surface area contributed by atoms with Gasteiger partial charge in [0, 0.05) is 36.0 Å². The Labute approximate surface area is 202 Å². The lowest BCUT2D eigenvalue weighted by atomic mass is 9.94. The van der Waals surface area contributed by atoms with Gasteiger partial charge < -0.3 is 19.5 Å². The number of aromatic nitrogens is 2. The van der Waals surface area contributed by atoms with E-state index in [2.05, 4.69) is 15.5 Å². The second kappa shape index (κ2) is 10.4. The summed E-state index contributed by atoms with van der Waals surface area (Å²) < 4.78 is 24.8. The van der Waals surface area contributed by atoms with E-state index in [0.717, 1.165) is 28.8 Å². The van der Waals surface area contributed by atoms with Gasteiger partial charge in [-0.05, 0) is 74.4 Å². The third-order valence-electron chi connectivity index (χ3n) is 5.43. The minimum absolute atomic E-state index is 0.306. The molecular weight excluding hydrogens is 463 g/mol. The van der Waals surface area contributed by atoms with Gasteiger partial charge in [0.2, 0.25) is 5.82 Å². The molecule has 2 aromatic carbocycles. The number of benzene rings is 2. The van der Waals surface area contributed by atoms with Crippen molar-refractivity contribution < 1.29 is 13.7 Å². The van der Waals surface area contributed by atoms with Gasteiger partial charge >= 0.3 is 0 Å². The molecule has 3 aromatic rings. The van der Waals surface area contributed by atoms with Crippen molar-refractivity contribution in [2.75, 3.05) is 19.8 Å². The number of thiocarbonyl (C=S) groups is 1. The van der Waals surface area contributed by atoms with Crippen molar-refractivity contribution in [2.45, 2.75) is 26.3 Å². The first-order valence-corrected chi connectivity index (χ1v) is 11.5. The SMILES string of the molecule is CCOCCCN1C(=S)NC(c2ccc(F)cc2)C(c2nc(-c3ccc(Cl)cc3)no2)=C1C. The number of ether oxygens (including phenoxy) is 1. The maximum absolute atomic E-state index is 13.6. The second-order valence-electron chi connectivity index (χ2n) is 7.57. The van der Waals surface area contributed by atoms with Crippen LogP contribution in [-0.4, -0.2) is 39.9 Å². The molecule has 1 N–H and O–H groups in total. The van der Waals surface area contributed by atoms with Crippen molar-refractivity contribution in [3.05, 3.63) is 76.5 Å². The van der Waals surface area contributed by atoms with Crippen LogP contribution in [0.2, 0.25) is 5.02 Å². The highest BCUT2D eigenvalue weighted by Gasteiger charge is 2.34. The van der Waals surface area contributed by atoms with Crippen molar-refractivity contribution in [1.82, 2.24) is 20.4 Å². The molecule has 172 valence electrons. The monoisotopic (exact) mass is 486 g/mol. The lowest BCUT2D eigenvalue weighted by molar-refractivity contribution is 0.141. The summed E-state index contributed by atoms with van der Waals surface area (Å²) in [5.41, 5.74) is 3.32. The Kier molecular flexibility index (Phi) is 7.37. The van der Waals surface area contributed by atoms with Gasteiger partial charge in [0.05, 0.1) is 11.6 Å². The predicted octanol–water partition coefficient (Wildman–Crippen LogP) is 5.62. The molecule has 0 spiro atoms. The fourth-order valence-electron chi connectivity index (χ4n) is 3.75. The fourth-order valence-corrected chi connectivity index (χ4v) is 4.22. The molecule has 1 aliphatic rings. The van der Waals surface area contributed by atoms with Crippen LogP contribution >= 0.6 is 23.8 Å². The topological polar surface area (TPSA) is 63.4 Å². The molecule has 1 aliphatic heterocycles. The first kappa shape index (κ1) is 23.4. The zero-order valence-corrected chi connectivity index (χ0v) is 19.9. The molecule has 4 rings (SSSR count). The van der Waals surface area contributed by atoms with E-state index >= 15 is 0 Å². The summed E-state index contributed by atoms with van der Waals surface area (Å²) in [7, 11) is 0. The van der Waals surface area contributed by atoms with Gasteiger partial charge in [-0.15, -0.1) is 0 Å². The van der Waals surface area contributed by atoms with Gasteiger partial charge in [0.15, 0.2) is 5.11 Å². The van der Waals surface area contributed by atoms with Gasteiger partial charge in [-0.3, -0.25) is 0 Å². The summed E-state index contributed by atoms with van der Waals surface area (Å²) >= 11 is 11.7. The Hall–Kier alpha value is -2.81. The molecule has 0 saturated carbocycles. The maximum atomic E-state index is 13.6. The molecule has 1 aromatic heterocycles. The van der Waals surface area contributed by atoms with E-state index in [1.54, 1.807) is 24.3 Å². The first-order chi connectivity index (χ1) is 16.0. The van der Waals surface area contributed by atoms with Crippen LogP contribution < -0.4 is 5.32 Å². The van der Waals surface area contributed by atoms with Crippen LogP contribution in [-0.2, 0) is 4.74 Å². The highest BCUT2D eigenvalue weighted by atomic mass is 35.5. The van der Waals surface area contributed by atoms with Crippen LogP contribution in [0.4, 0.5) is 4.39 Å². The minimum Gasteiger partial charge on any atom is -0.382 e. The van der Waals surface area contributed by atoms with Crippen LogP contribution in [0.5, 0.6) is 0 Å². The highest BCUT2D eigenvalue weighted by molar-refractivity contribution is 7.80. The van der Waals surface area contributed by atoms with E-state index in [-0.39, 0.29) is 11.9 Å². The van der Waals surface area contributed by atoms with Crippen LogP contribution in [0.3, 0.4) is 0 Å². The molecule has 0 bridgehead atoms. The normalized spacial score (nSPS) is 16.3. The van der Waals surface area contributed by atoms with Crippen LogP contribution in [0, 0.1) is 5.82 Å². The molecule has 0 aliphatic carbocycles. The molecular formula is C24H24ClFN4O2S. The first-order valence-electron chi connectivity index (χ1n) is 10.7. The fraction of sp³-hybridized carbons (Fsp3) is 0.292. The predicted molar refractivity (Wildman–Crippen MR) is 130 cm³/mol. The van der Waals surface area contributed by atoms with Gasteiger partial charge in [0.1, 0.15) is 5.82 Å². The van der Waals surface area contributed by atoms with E-state index in [0.29, 0.717) is 41.6 Å². The van der Waals surface area contributed by atoms with Gasteiger partial charge in [-0.25, -0.2) is 4.39 Å². The van der Waals surface area contributed by atoms with Crippen molar-refractivity contribution >= 4 is 34.5 Å². The minimum atomic E-state index is -0.361. The standard InChI is InChI=1S/C24H24ClFN4O2S/c1-3-31-14-4-13-30-15(2)20(21(27-24(30)33)16-7-11-19(26)12-8-16)23-28-22(29-32-23)17-5-9-18(25)10-6-17/h5-12,21H,3-4,13-14H2,1-2H3,(H,27,33). The number of nitrogens with zero attached hydrogens (tertiary/aromatic N) is 3. The summed E-state index contributed by atoms with van der Waals surface area (Å²) in [5.74, 6) is 0.521. The molecule has 1 unspecified atom stereocenters. The number of rotatable bonds is 8. The summed E-state index contributed by atoms with van der Waals surface area (Å²) in [5, 5.41) is 8.76. The Balaban J connectivity index is 1.73. The molecule has 9 heteroatoms. The van der Waals surface area contributed by atoms with Crippen molar-refractivity contribution in [2.24, 2.45) is 0 Å². The third kappa shape index (κ3) is 5.24. The lowest BCUT2D eigenvalue weighted by Crippen LogP contribution is -2.46. The Morgan fingerprint density at radius 3 is 2.61 bits per heavy atom. The molecule has 2 heterocycles. The largest absolute Gasteiger partial charge is 0.382 e. The average molecular weight is 487 g/mol. The second-order valence-corrected chi connectivity index (χ2v) is 8.39. The molecule has 0 amide bonds. The third-order valence-corrected chi connectivity index (χ3v) is 6.02. The Bertz CT molecular complexity index is 1150. The number of allylic oxidation sites excluding steroid dienone is 1. The van der Waals surface area contributed by atoms with E-state index in [9.17, 15) is 4.39 Å². The number of halogens is 2. The van der Waals surface area contributed by atoms with Crippen molar-refractivity contribution in [3.63, 3.8) is 0 Å². The molecule has 0 fully saturated rings. The van der Waals surface area contributed by atoms with Gasteiger partial charge in [-0.2, -0.15) is 4.98 Å². The quantitative estimate of drug-likeness (QED) is 0.327. The summed E-state index contributed by atoms with van der Waals surface area (Å²) in [6, 6.07) is 13.2. The Morgan fingerprint density at radius 1 is 1.18 bits per heavy atom. The molecule has 6 nitrogen and oxygen atoms in total. The van der Waals surface area contributed by atoms with E-state index in [1.807, 2.05) is 30.9 Å². The van der Waals surface area contributed by atoms with E-state index in [4.69, 9.17) is 33.1 Å². The smallest absolute Gasteiger partial charge is 0.258 e. The van der Waals surface area contributed by atoms with Crippen molar-refractivity contribution in [1.29, 1.82) is 0 Å². The van der Waals surface area contributed by atoms with E-state index in [1.165, 1.54) is 12.1 Å². The van der Waals surface area contributed by atoms with Crippen LogP contribution in [0.1, 0.15) is 37.8 Å². The van der Waals surface area contributed by atoms with Gasteiger partial charge in [-0.1, -0.05) is 28.9 Å². The molecule has 33 heavy (non-hydrogen) atoms. The number of hydrogen-bond acceptors (Lipinski definition) is 5. The van der Waals surface area contributed by atoms with Crippen LogP contribution in [0.15, 0.2) is 58.8 Å². The number of nitrogens with one attached hydrogen (secondary N) is 1. The summed E-state index contributed by atoms with van der Waals surface area (Å²) in [4.78, 5) is 6.67. The molecule has 0 saturated heterocycles.